The van der Waals surface area contributed by atoms with Gasteiger partial charge in [-0.25, -0.2) is 9.13 Å². The summed E-state index contributed by atoms with van der Waals surface area (Å²) in [4.78, 5) is 54.2. The first-order valence-corrected chi connectivity index (χ1v) is 26.3. The third-order valence-corrected chi connectivity index (χ3v) is 12.0. The number of phosphoric ester groups is 2. The number of rotatable bonds is 38. The minimum atomic E-state index is -5.38. The van der Waals surface area contributed by atoms with E-state index in [4.69, 9.17) is 28.3 Å². The van der Waals surface area contributed by atoms with Gasteiger partial charge in [0, 0.05) is 12.8 Å². The summed E-state index contributed by atoms with van der Waals surface area (Å²) in [6.45, 7) is 2.88. The highest BCUT2D eigenvalue weighted by atomic mass is 31.2. The molecule has 17 nitrogen and oxygen atoms in total. The summed E-state index contributed by atoms with van der Waals surface area (Å²) >= 11 is 0. The third-order valence-electron chi connectivity index (χ3n) is 10.5. The van der Waals surface area contributed by atoms with Gasteiger partial charge >= 0.3 is 27.6 Å². The van der Waals surface area contributed by atoms with Crippen molar-refractivity contribution in [1.29, 1.82) is 0 Å². The number of aliphatic hydroxyl groups excluding tert-OH is 5. The molecule has 8 N–H and O–H groups in total. The first-order valence-electron chi connectivity index (χ1n) is 23.3. The molecule has 0 bridgehead atoms. The first-order chi connectivity index (χ1) is 30.5. The third kappa shape index (κ3) is 30.3. The van der Waals surface area contributed by atoms with Crippen LogP contribution < -0.4 is 0 Å². The lowest BCUT2D eigenvalue weighted by atomic mass is 9.85. The van der Waals surface area contributed by atoms with Gasteiger partial charge in [0.1, 0.15) is 43.2 Å². The van der Waals surface area contributed by atoms with Crippen LogP contribution in [0.1, 0.15) is 162 Å². The van der Waals surface area contributed by atoms with Crippen LogP contribution in [0.15, 0.2) is 48.6 Å². The SMILES string of the molecule is CC/C=C/C/C=C/C=C/C(O)CCCCCCCC(=O)O[C@H](COC(=O)CCCCCCC/C=C\CCCCCCCC)COP(=O)(O)O[C@H]1C(O)C(O)C(O)[C@@H](OP(=O)(O)O)C1O. The minimum Gasteiger partial charge on any atom is -0.462 e. The summed E-state index contributed by atoms with van der Waals surface area (Å²) in [6, 6.07) is 0. The Kier molecular flexibility index (Phi) is 33.7. The van der Waals surface area contributed by atoms with Crippen molar-refractivity contribution >= 4 is 27.6 Å². The average Bonchev–Trinajstić information content (AvgIpc) is 3.24. The van der Waals surface area contributed by atoms with Gasteiger partial charge in [-0.3, -0.25) is 23.2 Å². The standard InChI is InChI=1S/C45H80O17P2/c1-3-5-7-9-11-12-13-14-15-16-17-18-20-24-28-32-38(47)58-34-37(60-39(48)33-29-25-21-23-27-31-36(46)30-26-22-19-10-8-6-4-2)35-59-64(56,57)62-45-42(51)40(49)41(50)44(43(45)52)61-63(53,54)55/h6,8,14-15,19,22,26,30,36-37,40-46,49-52H,3-5,7,9-13,16-18,20-21,23-25,27-29,31-35H2,1-2H3,(H,56,57)(H2,53,54,55)/b8-6+,15-14-,22-19+,30-26+/t36?,37-,40?,41?,42?,43?,44-,45+/m1/s1. The van der Waals surface area contributed by atoms with Gasteiger partial charge in [0.2, 0.25) is 0 Å². The van der Waals surface area contributed by atoms with Crippen LogP contribution in [0.4, 0.5) is 0 Å². The smallest absolute Gasteiger partial charge is 0.462 e. The van der Waals surface area contributed by atoms with Crippen molar-refractivity contribution in [2.45, 2.75) is 210 Å². The van der Waals surface area contributed by atoms with Gasteiger partial charge in [0.05, 0.1) is 12.7 Å². The maximum atomic E-state index is 13.0. The van der Waals surface area contributed by atoms with E-state index in [-0.39, 0.29) is 12.8 Å². The van der Waals surface area contributed by atoms with Crippen LogP contribution in [0.2, 0.25) is 0 Å². The molecule has 1 aliphatic rings. The molecule has 19 heteroatoms. The second-order valence-electron chi connectivity index (χ2n) is 16.3. The van der Waals surface area contributed by atoms with Crippen LogP contribution in [0.25, 0.3) is 0 Å². The van der Waals surface area contributed by atoms with Crippen LogP contribution in [-0.2, 0) is 41.8 Å². The lowest BCUT2D eigenvalue weighted by Crippen LogP contribution is -2.64. The highest BCUT2D eigenvalue weighted by molar-refractivity contribution is 7.47. The van der Waals surface area contributed by atoms with E-state index in [1.54, 1.807) is 6.08 Å². The highest BCUT2D eigenvalue weighted by Crippen LogP contribution is 2.49. The minimum absolute atomic E-state index is 0.0283. The summed E-state index contributed by atoms with van der Waals surface area (Å²) in [5, 5.41) is 51.4. The van der Waals surface area contributed by atoms with Crippen molar-refractivity contribution in [3.8, 4) is 0 Å². The predicted molar refractivity (Wildman–Crippen MR) is 243 cm³/mol. The number of phosphoric acid groups is 2. The fourth-order valence-electron chi connectivity index (χ4n) is 6.85. The summed E-state index contributed by atoms with van der Waals surface area (Å²) < 4.78 is 49.3. The first kappa shape index (κ1) is 59.9. The number of allylic oxidation sites excluding steroid dienone is 7. The number of ether oxygens (including phenoxy) is 2. The Bertz CT molecular complexity index is 1450. The molecule has 0 amide bonds. The molecule has 0 heterocycles. The fourth-order valence-corrected chi connectivity index (χ4v) is 8.39. The summed E-state index contributed by atoms with van der Waals surface area (Å²) in [7, 11) is -10.7. The van der Waals surface area contributed by atoms with Crippen LogP contribution in [0.3, 0.4) is 0 Å². The molecular formula is C45H80O17P2. The summed E-state index contributed by atoms with van der Waals surface area (Å²) in [5.74, 6) is -1.29. The zero-order valence-corrected chi connectivity index (χ0v) is 39.9. The van der Waals surface area contributed by atoms with Crippen molar-refractivity contribution in [3.63, 3.8) is 0 Å². The lowest BCUT2D eigenvalue weighted by molar-refractivity contribution is -0.216. The summed E-state index contributed by atoms with van der Waals surface area (Å²) in [5.41, 5.74) is 0. The molecule has 1 fully saturated rings. The fraction of sp³-hybridized carbons (Fsp3) is 0.778. The van der Waals surface area contributed by atoms with E-state index >= 15 is 0 Å². The second kappa shape index (κ2) is 36.0. The lowest BCUT2D eigenvalue weighted by Gasteiger charge is -2.43. The normalized spacial score (nSPS) is 22.7. The van der Waals surface area contributed by atoms with E-state index in [2.05, 4.69) is 42.7 Å². The van der Waals surface area contributed by atoms with Crippen LogP contribution >= 0.6 is 15.6 Å². The molecule has 0 saturated heterocycles. The maximum absolute atomic E-state index is 13.0. The molecule has 6 unspecified atom stereocenters. The Morgan fingerprint density at radius 1 is 0.594 bits per heavy atom. The molecule has 372 valence electrons. The topological polar surface area (TPSA) is 276 Å². The quantitative estimate of drug-likeness (QED) is 0.00979. The van der Waals surface area contributed by atoms with Gasteiger partial charge in [-0.1, -0.05) is 140 Å². The van der Waals surface area contributed by atoms with Crippen LogP contribution in [0, 0.1) is 0 Å². The summed E-state index contributed by atoms with van der Waals surface area (Å²) in [6.07, 6.45) is 20.9. The Morgan fingerprint density at radius 3 is 1.73 bits per heavy atom. The number of unbranched alkanes of at least 4 members (excludes halogenated alkanes) is 15. The Hall–Kier alpha value is -2.08. The van der Waals surface area contributed by atoms with Crippen molar-refractivity contribution in [3.05, 3.63) is 48.6 Å². The molecule has 1 rings (SSSR count). The van der Waals surface area contributed by atoms with Crippen molar-refractivity contribution < 1.29 is 82.0 Å². The molecule has 0 aliphatic heterocycles. The molecule has 9 atom stereocenters. The Morgan fingerprint density at radius 2 is 1.14 bits per heavy atom. The Labute approximate surface area is 380 Å². The van der Waals surface area contributed by atoms with Crippen LogP contribution in [-0.4, -0.2) is 114 Å². The molecule has 0 aromatic carbocycles. The van der Waals surface area contributed by atoms with Gasteiger partial charge in [-0.05, 0) is 57.8 Å². The van der Waals surface area contributed by atoms with E-state index in [9.17, 15) is 49.1 Å². The van der Waals surface area contributed by atoms with Crippen molar-refractivity contribution in [2.75, 3.05) is 13.2 Å². The van der Waals surface area contributed by atoms with Gasteiger partial charge in [-0.15, -0.1) is 0 Å². The van der Waals surface area contributed by atoms with Gasteiger partial charge in [-0.2, -0.15) is 0 Å². The van der Waals surface area contributed by atoms with E-state index in [1.165, 1.54) is 38.5 Å². The van der Waals surface area contributed by atoms with E-state index < -0.39 is 89.6 Å². The number of esters is 2. The number of carbonyl (C=O) groups is 2. The van der Waals surface area contributed by atoms with E-state index in [0.29, 0.717) is 25.7 Å². The van der Waals surface area contributed by atoms with E-state index in [0.717, 1.165) is 70.6 Å². The molecule has 0 aromatic heterocycles. The van der Waals surface area contributed by atoms with Crippen LogP contribution in [0.5, 0.6) is 0 Å². The molecule has 64 heavy (non-hydrogen) atoms. The van der Waals surface area contributed by atoms with Crippen molar-refractivity contribution in [2.24, 2.45) is 0 Å². The molecule has 1 aliphatic carbocycles. The van der Waals surface area contributed by atoms with Gasteiger partial charge < -0.3 is 49.7 Å². The number of hydrogen-bond donors (Lipinski definition) is 8. The van der Waals surface area contributed by atoms with Gasteiger partial charge in [0.25, 0.3) is 0 Å². The Balaban J connectivity index is 2.65. The van der Waals surface area contributed by atoms with Crippen molar-refractivity contribution in [1.82, 2.24) is 0 Å². The predicted octanol–water partition coefficient (Wildman–Crippen LogP) is 7.48. The molecule has 0 spiro atoms. The van der Waals surface area contributed by atoms with E-state index in [1.807, 2.05) is 18.2 Å². The number of carbonyl (C=O) groups excluding carboxylic acids is 2. The molecule has 0 radical (unpaired) electrons. The zero-order chi connectivity index (χ0) is 47.6. The largest absolute Gasteiger partial charge is 0.472 e. The maximum Gasteiger partial charge on any atom is 0.472 e. The zero-order valence-electron chi connectivity index (χ0n) is 38.1. The average molecular weight is 955 g/mol. The second-order valence-corrected chi connectivity index (χ2v) is 18.9. The van der Waals surface area contributed by atoms with Gasteiger partial charge in [0.15, 0.2) is 6.10 Å². The monoisotopic (exact) mass is 954 g/mol. The molecule has 1 saturated carbocycles. The molecular weight excluding hydrogens is 874 g/mol. The number of aliphatic hydroxyl groups is 5. The number of hydrogen-bond acceptors (Lipinski definition) is 14. The highest BCUT2D eigenvalue weighted by Gasteiger charge is 2.54. The molecule has 0 aromatic rings.